The molecule has 1 N–H and O–H groups in total. The van der Waals surface area contributed by atoms with Gasteiger partial charge in [0.2, 0.25) is 0 Å². The second kappa shape index (κ2) is 4.72. The van der Waals surface area contributed by atoms with Gasteiger partial charge in [-0.1, -0.05) is 18.2 Å². The van der Waals surface area contributed by atoms with E-state index in [1.54, 1.807) is 0 Å². The summed E-state index contributed by atoms with van der Waals surface area (Å²) in [6.45, 7) is 2.12. The van der Waals surface area contributed by atoms with E-state index in [4.69, 9.17) is 0 Å². The highest BCUT2D eigenvalue weighted by molar-refractivity contribution is 5.81. The zero-order valence-electron chi connectivity index (χ0n) is 11.0. The zero-order valence-corrected chi connectivity index (χ0v) is 11.0. The molecule has 0 aliphatic heterocycles. The van der Waals surface area contributed by atoms with Gasteiger partial charge in [0.05, 0.1) is 29.1 Å². The normalized spacial score (nSPS) is 12.5. The average Bonchev–Trinajstić information content (AvgIpc) is 2.85. The summed E-state index contributed by atoms with van der Waals surface area (Å²) in [5, 5.41) is 8.79. The van der Waals surface area contributed by atoms with E-state index in [-0.39, 0.29) is 6.04 Å². The number of nitrogens with one attached hydrogen (secondary N) is 1. The van der Waals surface area contributed by atoms with E-state index >= 15 is 0 Å². The maximum atomic E-state index is 4.45. The molecule has 2 aromatic heterocycles. The molecule has 0 spiro atoms. The number of para-hydroxylation sites is 1. The highest BCUT2D eigenvalue weighted by Crippen LogP contribution is 2.21. The molecular weight excluding hydrogens is 236 g/mol. The van der Waals surface area contributed by atoms with E-state index in [1.165, 1.54) is 0 Å². The predicted octanol–water partition coefficient (Wildman–Crippen LogP) is 3.14. The van der Waals surface area contributed by atoms with E-state index in [2.05, 4.69) is 34.5 Å². The van der Waals surface area contributed by atoms with Crippen LogP contribution in [0, 0.1) is 0 Å². The maximum Gasteiger partial charge on any atom is 0.0703 e. The van der Waals surface area contributed by atoms with Crippen LogP contribution in [0.3, 0.4) is 0 Å². The first-order valence-electron chi connectivity index (χ1n) is 6.33. The second-order valence-corrected chi connectivity index (χ2v) is 4.66. The highest BCUT2D eigenvalue weighted by atomic mass is 15.3. The first-order valence-corrected chi connectivity index (χ1v) is 6.33. The number of anilines is 1. The number of pyridine rings is 1. The summed E-state index contributed by atoms with van der Waals surface area (Å²) in [6, 6.07) is 12.4. The molecular formula is C15H16N4. The van der Waals surface area contributed by atoms with Crippen LogP contribution in [0.25, 0.3) is 10.9 Å². The summed E-state index contributed by atoms with van der Waals surface area (Å²) < 4.78 is 1.88. The fourth-order valence-corrected chi connectivity index (χ4v) is 2.28. The van der Waals surface area contributed by atoms with Crippen LogP contribution >= 0.6 is 0 Å². The molecule has 0 bridgehead atoms. The van der Waals surface area contributed by atoms with Crippen LogP contribution < -0.4 is 5.32 Å². The van der Waals surface area contributed by atoms with Gasteiger partial charge in [-0.15, -0.1) is 0 Å². The van der Waals surface area contributed by atoms with E-state index in [0.717, 1.165) is 22.3 Å². The minimum atomic E-state index is 0.190. The van der Waals surface area contributed by atoms with Gasteiger partial charge >= 0.3 is 0 Å². The largest absolute Gasteiger partial charge is 0.376 e. The molecule has 2 heterocycles. The van der Waals surface area contributed by atoms with Gasteiger partial charge in [-0.3, -0.25) is 9.67 Å². The molecule has 4 heteroatoms. The Balaban J connectivity index is 1.87. The topological polar surface area (TPSA) is 42.7 Å². The fraction of sp³-hybridized carbons (Fsp3) is 0.200. The Labute approximate surface area is 112 Å². The van der Waals surface area contributed by atoms with Crippen molar-refractivity contribution < 1.29 is 0 Å². The molecule has 1 unspecified atom stereocenters. The van der Waals surface area contributed by atoms with Crippen LogP contribution in [-0.4, -0.2) is 14.8 Å². The second-order valence-electron chi connectivity index (χ2n) is 4.66. The Morgan fingerprint density at radius 2 is 2.05 bits per heavy atom. The number of hydrogen-bond acceptors (Lipinski definition) is 3. The van der Waals surface area contributed by atoms with Crippen LogP contribution in [0.5, 0.6) is 0 Å². The van der Waals surface area contributed by atoms with Gasteiger partial charge in [-0.25, -0.2) is 0 Å². The Bertz CT molecular complexity index is 702. The third kappa shape index (κ3) is 2.29. The number of nitrogens with zero attached hydrogens (tertiary/aromatic N) is 3. The van der Waals surface area contributed by atoms with E-state index < -0.39 is 0 Å². The average molecular weight is 252 g/mol. The quantitative estimate of drug-likeness (QED) is 0.778. The van der Waals surface area contributed by atoms with E-state index in [9.17, 15) is 0 Å². The van der Waals surface area contributed by atoms with Gasteiger partial charge in [-0.2, -0.15) is 5.10 Å². The number of aryl methyl sites for hydroxylation is 1. The van der Waals surface area contributed by atoms with Crippen molar-refractivity contribution in [2.24, 2.45) is 7.05 Å². The first kappa shape index (κ1) is 11.7. The molecule has 0 aliphatic carbocycles. The summed E-state index contributed by atoms with van der Waals surface area (Å²) in [4.78, 5) is 4.45. The van der Waals surface area contributed by atoms with Crippen molar-refractivity contribution in [1.82, 2.24) is 14.8 Å². The third-order valence-corrected chi connectivity index (χ3v) is 3.28. The molecule has 0 aliphatic rings. The fourth-order valence-electron chi connectivity index (χ4n) is 2.28. The van der Waals surface area contributed by atoms with Crippen LogP contribution in [-0.2, 0) is 7.05 Å². The summed E-state index contributed by atoms with van der Waals surface area (Å²) in [6.07, 6.45) is 3.68. The van der Waals surface area contributed by atoms with Crippen LogP contribution in [0.1, 0.15) is 18.7 Å². The van der Waals surface area contributed by atoms with Crippen LogP contribution in [0.4, 0.5) is 5.69 Å². The Morgan fingerprint density at radius 1 is 1.21 bits per heavy atom. The van der Waals surface area contributed by atoms with Gasteiger partial charge in [0.1, 0.15) is 0 Å². The Hall–Kier alpha value is -2.36. The molecule has 0 saturated carbocycles. The van der Waals surface area contributed by atoms with Crippen LogP contribution in [0.2, 0.25) is 0 Å². The summed E-state index contributed by atoms with van der Waals surface area (Å²) >= 11 is 0. The Kier molecular flexibility index (Phi) is 2.91. The van der Waals surface area contributed by atoms with E-state index in [0.29, 0.717) is 0 Å². The van der Waals surface area contributed by atoms with Crippen LogP contribution in [0.15, 0.2) is 48.8 Å². The minimum absolute atomic E-state index is 0.190. The zero-order chi connectivity index (χ0) is 13.2. The maximum absolute atomic E-state index is 4.45. The van der Waals surface area contributed by atoms with Crippen molar-refractivity contribution in [3.8, 4) is 0 Å². The van der Waals surface area contributed by atoms with Gasteiger partial charge < -0.3 is 5.32 Å². The summed E-state index contributed by atoms with van der Waals surface area (Å²) in [5.74, 6) is 0. The lowest BCUT2D eigenvalue weighted by atomic mass is 10.2. The van der Waals surface area contributed by atoms with E-state index in [1.807, 2.05) is 48.4 Å². The van der Waals surface area contributed by atoms with Gasteiger partial charge in [0, 0.05) is 18.6 Å². The molecule has 1 aromatic carbocycles. The summed E-state index contributed by atoms with van der Waals surface area (Å²) in [5.41, 5.74) is 3.18. The smallest absolute Gasteiger partial charge is 0.0703 e. The molecule has 0 fully saturated rings. The number of fused-ring (bicyclic) bond motifs is 1. The molecule has 19 heavy (non-hydrogen) atoms. The number of hydrogen-bond donors (Lipinski definition) is 1. The highest BCUT2D eigenvalue weighted by Gasteiger charge is 2.09. The minimum Gasteiger partial charge on any atom is -0.376 e. The van der Waals surface area contributed by atoms with Crippen molar-refractivity contribution in [1.29, 1.82) is 0 Å². The predicted molar refractivity (Wildman–Crippen MR) is 77.0 cm³/mol. The molecule has 0 radical (unpaired) electrons. The van der Waals surface area contributed by atoms with Crippen molar-refractivity contribution in [2.75, 3.05) is 5.32 Å². The van der Waals surface area contributed by atoms with Gasteiger partial charge in [-0.05, 0) is 25.1 Å². The molecule has 1 atom stereocenters. The number of rotatable bonds is 3. The first-order chi connectivity index (χ1) is 9.24. The van der Waals surface area contributed by atoms with Crippen molar-refractivity contribution in [3.05, 3.63) is 54.5 Å². The van der Waals surface area contributed by atoms with Crippen molar-refractivity contribution >= 4 is 16.6 Å². The van der Waals surface area contributed by atoms with Crippen molar-refractivity contribution in [2.45, 2.75) is 13.0 Å². The van der Waals surface area contributed by atoms with Gasteiger partial charge in [0.25, 0.3) is 0 Å². The molecule has 0 amide bonds. The molecule has 3 aromatic rings. The molecule has 96 valence electrons. The molecule has 3 rings (SSSR count). The number of benzene rings is 1. The lowest BCUT2D eigenvalue weighted by molar-refractivity contribution is 0.675. The molecule has 0 saturated heterocycles. The monoisotopic (exact) mass is 252 g/mol. The Morgan fingerprint density at radius 3 is 2.84 bits per heavy atom. The number of aromatic nitrogens is 3. The van der Waals surface area contributed by atoms with Gasteiger partial charge in [0.15, 0.2) is 0 Å². The SMILES string of the molecule is CC(Nc1cnc2ccccc2c1)c1ccnn1C. The van der Waals surface area contributed by atoms with Crippen molar-refractivity contribution in [3.63, 3.8) is 0 Å². The summed E-state index contributed by atoms with van der Waals surface area (Å²) in [7, 11) is 1.95. The third-order valence-electron chi connectivity index (χ3n) is 3.28. The lowest BCUT2D eigenvalue weighted by Crippen LogP contribution is -2.11. The standard InChI is InChI=1S/C15H16N4/c1-11(15-7-8-17-19(15)2)18-13-9-12-5-3-4-6-14(12)16-10-13/h3-11,18H,1-2H3. The molecule has 4 nitrogen and oxygen atoms in total. The lowest BCUT2D eigenvalue weighted by Gasteiger charge is -2.15.